The highest BCUT2D eigenvalue weighted by Gasteiger charge is 2.19. The normalized spacial score (nSPS) is 20.4. The Hall–Kier alpha value is -1.29. The van der Waals surface area contributed by atoms with Gasteiger partial charge in [0.2, 0.25) is 0 Å². The Morgan fingerprint density at radius 2 is 0.951 bits per heavy atom. The summed E-state index contributed by atoms with van der Waals surface area (Å²) in [5.74, 6) is 0. The van der Waals surface area contributed by atoms with Crippen molar-refractivity contribution in [2.45, 2.75) is 151 Å². The molecule has 4 atom stereocenters. The van der Waals surface area contributed by atoms with Crippen LogP contribution in [0.1, 0.15) is 127 Å². The van der Waals surface area contributed by atoms with E-state index in [0.29, 0.717) is 22.7 Å². The van der Waals surface area contributed by atoms with Crippen molar-refractivity contribution < 1.29 is 9.47 Å². The van der Waals surface area contributed by atoms with Crippen LogP contribution in [0.5, 0.6) is 0 Å². The topological polar surface area (TPSA) is 18.5 Å². The van der Waals surface area contributed by atoms with Crippen molar-refractivity contribution in [1.82, 2.24) is 0 Å². The lowest BCUT2D eigenvalue weighted by Crippen LogP contribution is -2.16. The molecule has 41 heavy (non-hydrogen) atoms. The number of thioether (sulfide) groups is 1. The molecular weight excluding hydrogens is 520 g/mol. The van der Waals surface area contributed by atoms with Crippen LogP contribution in [0.25, 0.3) is 0 Å². The van der Waals surface area contributed by atoms with Gasteiger partial charge in [0.05, 0.1) is 12.2 Å². The molecule has 0 radical (unpaired) electrons. The Balaban J connectivity index is 1.21. The van der Waals surface area contributed by atoms with E-state index in [2.05, 4.69) is 72.4 Å². The van der Waals surface area contributed by atoms with E-state index >= 15 is 0 Å². The number of benzene rings is 2. The molecular formula is C38H58O2S. The zero-order valence-electron chi connectivity index (χ0n) is 25.9. The Morgan fingerprint density at radius 1 is 0.537 bits per heavy atom. The van der Waals surface area contributed by atoms with Crippen LogP contribution in [0.15, 0.2) is 60.7 Å². The predicted molar refractivity (Wildman–Crippen MR) is 178 cm³/mol. The zero-order valence-corrected chi connectivity index (χ0v) is 26.7. The predicted octanol–water partition coefficient (Wildman–Crippen LogP) is 10.8. The second-order valence-corrected chi connectivity index (χ2v) is 14.3. The molecule has 2 heterocycles. The van der Waals surface area contributed by atoms with Gasteiger partial charge in [0, 0.05) is 23.7 Å². The quantitative estimate of drug-likeness (QED) is 0.129. The minimum Gasteiger partial charge on any atom is -0.378 e. The van der Waals surface area contributed by atoms with E-state index in [1.165, 1.54) is 140 Å². The first-order valence-electron chi connectivity index (χ1n) is 17.3. The van der Waals surface area contributed by atoms with Gasteiger partial charge in [0.15, 0.2) is 0 Å². The van der Waals surface area contributed by atoms with Gasteiger partial charge in [-0.1, -0.05) is 125 Å². The van der Waals surface area contributed by atoms with Gasteiger partial charge < -0.3 is 9.47 Å². The van der Waals surface area contributed by atoms with Gasteiger partial charge in [-0.3, -0.25) is 0 Å². The summed E-state index contributed by atoms with van der Waals surface area (Å²) in [7, 11) is 0. The Bertz CT molecular complexity index is 802. The molecule has 0 aromatic heterocycles. The zero-order chi connectivity index (χ0) is 28.2. The van der Waals surface area contributed by atoms with Crippen molar-refractivity contribution in [2.75, 3.05) is 13.2 Å². The van der Waals surface area contributed by atoms with Crippen LogP contribution < -0.4 is 0 Å². The standard InChI is InChI=1S/C38H58O2S/c1(3-13-23-35-25-17-29-39-35)5-15-27-37(31-33-19-9-7-10-20-33)41-38(32-34-21-11-8-12-22-34)28-16-6-2-4-14-24-36-26-18-30-40-36/h7-12,19-22,35-38H,1-6,13-18,23-32H2. The van der Waals surface area contributed by atoms with Gasteiger partial charge >= 0.3 is 0 Å². The molecule has 4 rings (SSSR count). The van der Waals surface area contributed by atoms with Gasteiger partial charge in [0.25, 0.3) is 0 Å². The fourth-order valence-corrected chi connectivity index (χ4v) is 8.48. The SMILES string of the molecule is c1ccc(CC(CCCCCCCC2CCCO2)SC(CCCCCCCC2CCCO2)Cc2ccccc2)cc1. The highest BCUT2D eigenvalue weighted by atomic mass is 32.2. The van der Waals surface area contributed by atoms with E-state index in [1.807, 2.05) is 0 Å². The molecule has 4 unspecified atom stereocenters. The average molecular weight is 579 g/mol. The van der Waals surface area contributed by atoms with E-state index in [1.54, 1.807) is 0 Å². The van der Waals surface area contributed by atoms with E-state index in [4.69, 9.17) is 9.47 Å². The Kier molecular flexibility index (Phi) is 16.4. The second-order valence-electron chi connectivity index (χ2n) is 12.7. The molecule has 2 nitrogen and oxygen atoms in total. The molecule has 0 N–H and O–H groups in total. The third-order valence-electron chi connectivity index (χ3n) is 9.15. The minimum atomic E-state index is 0.565. The van der Waals surface area contributed by atoms with Crippen LogP contribution in [-0.4, -0.2) is 35.9 Å². The molecule has 3 heteroatoms. The molecule has 0 amide bonds. The second kappa shape index (κ2) is 20.6. The summed E-state index contributed by atoms with van der Waals surface area (Å²) >= 11 is 2.32. The van der Waals surface area contributed by atoms with Crippen molar-refractivity contribution in [3.8, 4) is 0 Å². The largest absolute Gasteiger partial charge is 0.378 e. The molecule has 2 aromatic rings. The lowest BCUT2D eigenvalue weighted by Gasteiger charge is -2.24. The minimum absolute atomic E-state index is 0.565. The van der Waals surface area contributed by atoms with E-state index in [-0.39, 0.29) is 0 Å². The first kappa shape index (κ1) is 32.6. The highest BCUT2D eigenvalue weighted by Crippen LogP contribution is 2.32. The molecule has 0 bridgehead atoms. The molecule has 2 fully saturated rings. The summed E-state index contributed by atoms with van der Waals surface area (Å²) in [6.45, 7) is 1.99. The van der Waals surface area contributed by atoms with Crippen LogP contribution in [0.4, 0.5) is 0 Å². The monoisotopic (exact) mass is 578 g/mol. The number of hydrogen-bond acceptors (Lipinski definition) is 3. The van der Waals surface area contributed by atoms with Gasteiger partial charge in [0.1, 0.15) is 0 Å². The molecule has 228 valence electrons. The number of hydrogen-bond donors (Lipinski definition) is 0. The lowest BCUT2D eigenvalue weighted by molar-refractivity contribution is 0.102. The fourth-order valence-electron chi connectivity index (χ4n) is 6.76. The first-order valence-corrected chi connectivity index (χ1v) is 18.3. The third kappa shape index (κ3) is 14.2. The van der Waals surface area contributed by atoms with Crippen LogP contribution in [-0.2, 0) is 22.3 Å². The summed E-state index contributed by atoms with van der Waals surface area (Å²) in [6, 6.07) is 22.5. The third-order valence-corrected chi connectivity index (χ3v) is 10.7. The van der Waals surface area contributed by atoms with Gasteiger partial charge in [-0.2, -0.15) is 11.8 Å². The first-order chi connectivity index (χ1) is 20.3. The Labute approximate surface area is 256 Å². The van der Waals surface area contributed by atoms with Crippen molar-refractivity contribution in [3.63, 3.8) is 0 Å². The average Bonchev–Trinajstić information content (AvgIpc) is 3.72. The summed E-state index contributed by atoms with van der Waals surface area (Å²) in [5, 5.41) is 1.42. The fraction of sp³-hybridized carbons (Fsp3) is 0.684. The maximum absolute atomic E-state index is 5.81. The number of unbranched alkanes of at least 4 members (excludes halogenated alkanes) is 8. The molecule has 0 spiro atoms. The van der Waals surface area contributed by atoms with Crippen molar-refractivity contribution in [2.24, 2.45) is 0 Å². The maximum atomic E-state index is 5.81. The van der Waals surface area contributed by atoms with Crippen molar-refractivity contribution in [1.29, 1.82) is 0 Å². The molecule has 0 aliphatic carbocycles. The summed E-state index contributed by atoms with van der Waals surface area (Å²) in [5.41, 5.74) is 3.01. The van der Waals surface area contributed by atoms with Gasteiger partial charge in [-0.25, -0.2) is 0 Å². The van der Waals surface area contributed by atoms with E-state index < -0.39 is 0 Å². The van der Waals surface area contributed by atoms with Crippen LogP contribution in [0.2, 0.25) is 0 Å². The van der Waals surface area contributed by atoms with Crippen LogP contribution in [0, 0.1) is 0 Å². The molecule has 0 saturated carbocycles. The van der Waals surface area contributed by atoms with E-state index in [9.17, 15) is 0 Å². The van der Waals surface area contributed by atoms with Crippen molar-refractivity contribution >= 4 is 11.8 Å². The number of ether oxygens (including phenoxy) is 2. The highest BCUT2D eigenvalue weighted by molar-refractivity contribution is 8.00. The van der Waals surface area contributed by atoms with Crippen LogP contribution in [0.3, 0.4) is 0 Å². The van der Waals surface area contributed by atoms with Gasteiger partial charge in [-0.15, -0.1) is 0 Å². The Morgan fingerprint density at radius 3 is 1.37 bits per heavy atom. The molecule has 2 aliphatic rings. The van der Waals surface area contributed by atoms with Gasteiger partial charge in [-0.05, 0) is 75.3 Å². The molecule has 2 aromatic carbocycles. The summed E-state index contributed by atoms with van der Waals surface area (Å²) in [6.07, 6.45) is 27.6. The molecule has 2 aliphatic heterocycles. The maximum Gasteiger partial charge on any atom is 0.0576 e. The summed E-state index contributed by atoms with van der Waals surface area (Å²) < 4.78 is 11.6. The van der Waals surface area contributed by atoms with Crippen LogP contribution >= 0.6 is 11.8 Å². The summed E-state index contributed by atoms with van der Waals surface area (Å²) in [4.78, 5) is 0. The molecule has 2 saturated heterocycles. The lowest BCUT2D eigenvalue weighted by atomic mass is 10.0. The number of rotatable bonds is 22. The van der Waals surface area contributed by atoms with E-state index in [0.717, 1.165) is 13.2 Å². The smallest absolute Gasteiger partial charge is 0.0576 e. The van der Waals surface area contributed by atoms with Crippen molar-refractivity contribution in [3.05, 3.63) is 71.8 Å².